The first kappa shape index (κ1) is 19.8. The Morgan fingerprint density at radius 2 is 1.72 bits per heavy atom. The zero-order valence-corrected chi connectivity index (χ0v) is 17.0. The molecule has 8 heteroatoms. The van der Waals surface area contributed by atoms with Crippen LogP contribution in [0, 0.1) is 12.7 Å². The molecular weight excluding hydrogens is 393 g/mol. The van der Waals surface area contributed by atoms with E-state index in [1.807, 2.05) is 13.0 Å². The molecule has 29 heavy (non-hydrogen) atoms. The zero-order valence-electron chi connectivity index (χ0n) is 16.1. The fourth-order valence-corrected chi connectivity index (χ4v) is 5.06. The van der Waals surface area contributed by atoms with Crippen molar-refractivity contribution in [2.45, 2.75) is 18.4 Å². The molecule has 0 spiro atoms. The highest BCUT2D eigenvalue weighted by Gasteiger charge is 2.31. The number of nitrogens with one attached hydrogen (secondary N) is 1. The molecule has 0 radical (unpaired) electrons. The number of quaternary nitrogens is 1. The molecule has 0 saturated carbocycles. The van der Waals surface area contributed by atoms with E-state index in [4.69, 9.17) is 4.52 Å². The molecule has 0 amide bonds. The second-order valence-electron chi connectivity index (χ2n) is 7.23. The molecule has 0 unspecified atom stereocenters. The van der Waals surface area contributed by atoms with Crippen LogP contribution in [0.5, 0.6) is 0 Å². The molecule has 0 bridgehead atoms. The first-order chi connectivity index (χ1) is 13.9. The number of halogens is 1. The molecule has 0 aliphatic carbocycles. The fourth-order valence-electron chi connectivity index (χ4n) is 3.60. The largest absolute Gasteiger partial charge is 0.356 e. The van der Waals surface area contributed by atoms with Crippen molar-refractivity contribution in [3.63, 3.8) is 0 Å². The third-order valence-electron chi connectivity index (χ3n) is 5.35. The molecule has 152 valence electrons. The summed E-state index contributed by atoms with van der Waals surface area (Å²) in [5, 5.41) is 4.20. The van der Waals surface area contributed by atoms with Gasteiger partial charge in [-0.15, -0.1) is 0 Å². The van der Waals surface area contributed by atoms with Crippen LogP contribution >= 0.6 is 0 Å². The topological polar surface area (TPSA) is 67.8 Å². The van der Waals surface area contributed by atoms with E-state index < -0.39 is 10.0 Å². The Kier molecular flexibility index (Phi) is 5.49. The summed E-state index contributed by atoms with van der Waals surface area (Å²) in [7, 11) is -3.45. The number of nitrogens with zero attached hydrogens (tertiary/aromatic N) is 2. The lowest BCUT2D eigenvalue weighted by Crippen LogP contribution is -3.13. The molecule has 1 saturated heterocycles. The Labute approximate surface area is 169 Å². The second kappa shape index (κ2) is 8.06. The van der Waals surface area contributed by atoms with Crippen molar-refractivity contribution < 1.29 is 22.2 Å². The van der Waals surface area contributed by atoms with Gasteiger partial charge in [-0.3, -0.25) is 0 Å². The van der Waals surface area contributed by atoms with Gasteiger partial charge < -0.3 is 9.42 Å². The van der Waals surface area contributed by atoms with Crippen molar-refractivity contribution in [2.24, 2.45) is 0 Å². The monoisotopic (exact) mass is 416 g/mol. The van der Waals surface area contributed by atoms with Crippen LogP contribution in [0.15, 0.2) is 64.0 Å². The highest BCUT2D eigenvalue weighted by Crippen LogP contribution is 2.25. The van der Waals surface area contributed by atoms with Crippen LogP contribution in [0.4, 0.5) is 4.39 Å². The first-order valence-corrected chi connectivity index (χ1v) is 11.0. The van der Waals surface area contributed by atoms with Gasteiger partial charge in [0.25, 0.3) is 0 Å². The summed E-state index contributed by atoms with van der Waals surface area (Å²) in [6.07, 6.45) is 0. The van der Waals surface area contributed by atoms with Crippen molar-refractivity contribution in [2.75, 3.05) is 26.2 Å². The van der Waals surface area contributed by atoms with Gasteiger partial charge in [0.15, 0.2) is 5.76 Å². The number of hydrogen-bond acceptors (Lipinski definition) is 4. The minimum atomic E-state index is -3.45. The SMILES string of the molecule is Cc1c(C[NH+]2CCN(S(=O)(=O)c3ccccc3)CC2)noc1-c1ccc(F)cc1. The summed E-state index contributed by atoms with van der Waals surface area (Å²) in [6, 6.07) is 14.7. The molecule has 6 nitrogen and oxygen atoms in total. The summed E-state index contributed by atoms with van der Waals surface area (Å²) in [5.74, 6) is 0.351. The maximum atomic E-state index is 13.1. The molecule has 1 fully saturated rings. The van der Waals surface area contributed by atoms with Crippen LogP contribution in [-0.4, -0.2) is 44.1 Å². The van der Waals surface area contributed by atoms with Crippen LogP contribution in [0.1, 0.15) is 11.3 Å². The van der Waals surface area contributed by atoms with Crippen LogP contribution < -0.4 is 4.90 Å². The Morgan fingerprint density at radius 1 is 1.07 bits per heavy atom. The summed E-state index contributed by atoms with van der Waals surface area (Å²) < 4.78 is 45.7. The molecule has 3 aromatic rings. The van der Waals surface area contributed by atoms with Crippen LogP contribution in [0.2, 0.25) is 0 Å². The lowest BCUT2D eigenvalue weighted by atomic mass is 10.1. The number of aromatic nitrogens is 1. The third kappa shape index (κ3) is 4.10. The number of rotatable bonds is 5. The smallest absolute Gasteiger partial charge is 0.243 e. The Hall–Kier alpha value is -2.55. The van der Waals surface area contributed by atoms with Crippen molar-refractivity contribution >= 4 is 10.0 Å². The van der Waals surface area contributed by atoms with E-state index >= 15 is 0 Å². The molecule has 1 aromatic heterocycles. The molecule has 4 rings (SSSR count). The third-order valence-corrected chi connectivity index (χ3v) is 7.27. The van der Waals surface area contributed by atoms with Gasteiger partial charge in [-0.05, 0) is 43.3 Å². The minimum absolute atomic E-state index is 0.293. The summed E-state index contributed by atoms with van der Waals surface area (Å²) >= 11 is 0. The molecule has 2 aromatic carbocycles. The van der Waals surface area contributed by atoms with Gasteiger partial charge in [0.1, 0.15) is 18.1 Å². The highest BCUT2D eigenvalue weighted by atomic mass is 32.2. The predicted molar refractivity (Wildman–Crippen MR) is 106 cm³/mol. The van der Waals surface area contributed by atoms with Gasteiger partial charge in [-0.25, -0.2) is 12.8 Å². The average Bonchev–Trinajstić information content (AvgIpc) is 3.10. The molecule has 1 aliphatic rings. The van der Waals surface area contributed by atoms with E-state index in [9.17, 15) is 12.8 Å². The molecule has 2 heterocycles. The van der Waals surface area contributed by atoms with Crippen molar-refractivity contribution in [3.05, 3.63) is 71.7 Å². The maximum Gasteiger partial charge on any atom is 0.243 e. The molecule has 1 aliphatic heterocycles. The van der Waals surface area contributed by atoms with E-state index in [0.29, 0.717) is 43.4 Å². The van der Waals surface area contributed by atoms with Crippen LogP contribution in [0.3, 0.4) is 0 Å². The van der Waals surface area contributed by atoms with E-state index in [1.165, 1.54) is 17.0 Å². The number of hydrogen-bond donors (Lipinski definition) is 1. The quantitative estimate of drug-likeness (QED) is 0.690. The fraction of sp³-hybridized carbons (Fsp3) is 0.286. The van der Waals surface area contributed by atoms with Gasteiger partial charge in [0.05, 0.1) is 31.1 Å². The first-order valence-electron chi connectivity index (χ1n) is 9.55. The average molecular weight is 416 g/mol. The van der Waals surface area contributed by atoms with E-state index in [-0.39, 0.29) is 5.82 Å². The van der Waals surface area contributed by atoms with Crippen molar-refractivity contribution in [3.8, 4) is 11.3 Å². The minimum Gasteiger partial charge on any atom is -0.356 e. The Morgan fingerprint density at radius 3 is 2.38 bits per heavy atom. The van der Waals surface area contributed by atoms with Gasteiger partial charge in [0.2, 0.25) is 10.0 Å². The number of sulfonamides is 1. The Balaban J connectivity index is 1.41. The van der Waals surface area contributed by atoms with Gasteiger partial charge in [-0.2, -0.15) is 4.31 Å². The number of benzene rings is 2. The van der Waals surface area contributed by atoms with Crippen molar-refractivity contribution in [1.82, 2.24) is 9.46 Å². The zero-order chi connectivity index (χ0) is 20.4. The lowest BCUT2D eigenvalue weighted by molar-refractivity contribution is -0.917. The Bertz CT molecular complexity index is 1070. The standard InChI is InChI=1S/C21H22FN3O3S/c1-16-20(23-28-21(16)17-7-9-18(22)10-8-17)15-24-11-13-25(14-12-24)29(26,27)19-5-3-2-4-6-19/h2-10H,11-15H2,1H3/p+1. The lowest BCUT2D eigenvalue weighted by Gasteiger charge is -2.31. The predicted octanol–water partition coefficient (Wildman–Crippen LogP) is 1.88. The van der Waals surface area contributed by atoms with E-state index in [1.54, 1.807) is 40.7 Å². The van der Waals surface area contributed by atoms with Gasteiger partial charge >= 0.3 is 0 Å². The normalized spacial score (nSPS) is 16.2. The van der Waals surface area contributed by atoms with Crippen LogP contribution in [0.25, 0.3) is 11.3 Å². The second-order valence-corrected chi connectivity index (χ2v) is 9.17. The van der Waals surface area contributed by atoms with Crippen LogP contribution in [-0.2, 0) is 16.6 Å². The molecule has 1 N–H and O–H groups in total. The maximum absolute atomic E-state index is 13.1. The number of piperazine rings is 1. The summed E-state index contributed by atoms with van der Waals surface area (Å²) in [4.78, 5) is 1.59. The molecular formula is C21H23FN3O3S+. The summed E-state index contributed by atoms with van der Waals surface area (Å²) in [6.45, 7) is 4.94. The van der Waals surface area contributed by atoms with E-state index in [2.05, 4.69) is 5.16 Å². The summed E-state index contributed by atoms with van der Waals surface area (Å²) in [5.41, 5.74) is 2.57. The highest BCUT2D eigenvalue weighted by molar-refractivity contribution is 7.89. The molecule has 0 atom stereocenters. The van der Waals surface area contributed by atoms with Gasteiger partial charge in [0, 0.05) is 11.1 Å². The van der Waals surface area contributed by atoms with Gasteiger partial charge in [-0.1, -0.05) is 23.4 Å². The van der Waals surface area contributed by atoms with Crippen molar-refractivity contribution in [1.29, 1.82) is 0 Å². The van der Waals surface area contributed by atoms with E-state index in [0.717, 1.165) is 16.8 Å².